The van der Waals surface area contributed by atoms with E-state index in [-0.39, 0.29) is 5.97 Å². The molecule has 21 heavy (non-hydrogen) atoms. The van der Waals surface area contributed by atoms with Gasteiger partial charge in [-0.1, -0.05) is 15.9 Å². The summed E-state index contributed by atoms with van der Waals surface area (Å²) < 4.78 is 11.8. The zero-order valence-electron chi connectivity index (χ0n) is 12.7. The van der Waals surface area contributed by atoms with Crippen LogP contribution in [0.1, 0.15) is 44.0 Å². The lowest BCUT2D eigenvalue weighted by atomic mass is 10.1. The topological polar surface area (TPSA) is 47.6 Å². The molecule has 1 heterocycles. The summed E-state index contributed by atoms with van der Waals surface area (Å²) in [6.45, 7) is 7.13. The summed E-state index contributed by atoms with van der Waals surface area (Å²) in [6, 6.07) is 5.90. The monoisotopic (exact) mass is 355 g/mol. The predicted octanol–water partition coefficient (Wildman–Crippen LogP) is 4.00. The molecule has 5 heteroatoms. The Bertz CT molecular complexity index is 505. The molecule has 1 fully saturated rings. The third-order valence-electron chi connectivity index (χ3n) is 3.18. The zero-order chi connectivity index (χ0) is 15.5. The highest BCUT2D eigenvalue weighted by atomic mass is 79.9. The average molecular weight is 356 g/mol. The fourth-order valence-electron chi connectivity index (χ4n) is 2.21. The maximum Gasteiger partial charge on any atom is 0.340 e. The number of benzene rings is 1. The van der Waals surface area contributed by atoms with E-state index in [0.717, 1.165) is 36.2 Å². The molecule has 2 rings (SSSR count). The Morgan fingerprint density at radius 2 is 2.00 bits per heavy atom. The van der Waals surface area contributed by atoms with Gasteiger partial charge in [0.2, 0.25) is 0 Å². The van der Waals surface area contributed by atoms with Crippen molar-refractivity contribution in [3.05, 3.63) is 28.2 Å². The fraction of sp³-hybridized carbons (Fsp3) is 0.562. The van der Waals surface area contributed by atoms with Gasteiger partial charge in [-0.15, -0.1) is 0 Å². The molecular weight excluding hydrogens is 334 g/mol. The van der Waals surface area contributed by atoms with Gasteiger partial charge in [-0.3, -0.25) is 0 Å². The predicted molar refractivity (Wildman–Crippen MR) is 86.8 cm³/mol. The second kappa shape index (κ2) is 6.79. The number of hydrogen-bond donors (Lipinski definition) is 1. The van der Waals surface area contributed by atoms with E-state index < -0.39 is 5.60 Å². The molecular formula is C16H22BrNO3. The van der Waals surface area contributed by atoms with Gasteiger partial charge in [-0.05, 0) is 51.8 Å². The first kappa shape index (κ1) is 16.3. The number of anilines is 1. The molecule has 1 N–H and O–H groups in total. The number of nitrogens with one attached hydrogen (secondary N) is 1. The van der Waals surface area contributed by atoms with Crippen molar-refractivity contribution >= 4 is 27.6 Å². The maximum absolute atomic E-state index is 12.3. The third kappa shape index (κ3) is 5.00. The van der Waals surface area contributed by atoms with Crippen LogP contribution in [0.25, 0.3) is 0 Å². The van der Waals surface area contributed by atoms with E-state index in [1.807, 2.05) is 32.9 Å². The Kier molecular flexibility index (Phi) is 5.27. The van der Waals surface area contributed by atoms with Crippen LogP contribution in [0, 0.1) is 0 Å². The normalized spacial score (nSPS) is 16.6. The first-order valence-corrected chi connectivity index (χ1v) is 8.01. The molecule has 0 saturated carbocycles. The molecule has 0 unspecified atom stereocenters. The first-order chi connectivity index (χ1) is 9.85. The molecule has 1 aliphatic heterocycles. The quantitative estimate of drug-likeness (QED) is 0.832. The van der Waals surface area contributed by atoms with E-state index in [0.29, 0.717) is 11.6 Å². The van der Waals surface area contributed by atoms with Crippen LogP contribution in [-0.2, 0) is 9.47 Å². The van der Waals surface area contributed by atoms with Crippen molar-refractivity contribution in [1.29, 1.82) is 0 Å². The summed E-state index contributed by atoms with van der Waals surface area (Å²) in [5.41, 5.74) is 0.880. The summed E-state index contributed by atoms with van der Waals surface area (Å²) in [4.78, 5) is 12.3. The third-order valence-corrected chi connectivity index (χ3v) is 3.67. The van der Waals surface area contributed by atoms with Gasteiger partial charge in [0.1, 0.15) is 5.60 Å². The SMILES string of the molecule is CC(C)(C)OC(=O)c1ccc(Br)cc1NC1CCOCC1. The number of hydrogen-bond acceptors (Lipinski definition) is 4. The molecule has 116 valence electrons. The van der Waals surface area contributed by atoms with Crippen LogP contribution >= 0.6 is 15.9 Å². The molecule has 1 aromatic rings. The van der Waals surface area contributed by atoms with Crippen molar-refractivity contribution in [2.75, 3.05) is 18.5 Å². The second-order valence-electron chi connectivity index (χ2n) is 6.22. The van der Waals surface area contributed by atoms with Crippen LogP contribution in [0.2, 0.25) is 0 Å². The van der Waals surface area contributed by atoms with Gasteiger partial charge in [0.05, 0.1) is 11.3 Å². The highest BCUT2D eigenvalue weighted by molar-refractivity contribution is 9.10. The van der Waals surface area contributed by atoms with Gasteiger partial charge in [0, 0.05) is 23.7 Å². The molecule has 1 aliphatic rings. The molecule has 0 spiro atoms. The number of halogens is 1. The Morgan fingerprint density at radius 3 is 2.62 bits per heavy atom. The average Bonchev–Trinajstić information content (AvgIpc) is 2.37. The van der Waals surface area contributed by atoms with Crippen LogP contribution in [0.3, 0.4) is 0 Å². The van der Waals surface area contributed by atoms with E-state index in [9.17, 15) is 4.79 Å². The minimum absolute atomic E-state index is 0.301. The molecule has 1 aromatic carbocycles. The van der Waals surface area contributed by atoms with Crippen molar-refractivity contribution < 1.29 is 14.3 Å². The Hall–Kier alpha value is -1.07. The first-order valence-electron chi connectivity index (χ1n) is 7.22. The lowest BCUT2D eigenvalue weighted by Crippen LogP contribution is -2.29. The Morgan fingerprint density at radius 1 is 1.33 bits per heavy atom. The number of esters is 1. The van der Waals surface area contributed by atoms with Gasteiger partial charge >= 0.3 is 5.97 Å². The summed E-state index contributed by atoms with van der Waals surface area (Å²) in [5, 5.41) is 3.45. The molecule has 0 radical (unpaired) electrons. The van der Waals surface area contributed by atoms with Crippen LogP contribution in [0.15, 0.2) is 22.7 Å². The zero-order valence-corrected chi connectivity index (χ0v) is 14.3. The summed E-state index contributed by atoms with van der Waals surface area (Å²) in [6.07, 6.45) is 1.89. The minimum Gasteiger partial charge on any atom is -0.456 e. The number of ether oxygens (including phenoxy) is 2. The van der Waals surface area contributed by atoms with Crippen LogP contribution < -0.4 is 5.32 Å². The van der Waals surface area contributed by atoms with E-state index in [4.69, 9.17) is 9.47 Å². The van der Waals surface area contributed by atoms with Gasteiger partial charge in [-0.2, -0.15) is 0 Å². The highest BCUT2D eigenvalue weighted by Crippen LogP contribution is 2.26. The van der Waals surface area contributed by atoms with Crippen molar-refractivity contribution in [2.45, 2.75) is 45.3 Å². The fourth-order valence-corrected chi connectivity index (χ4v) is 2.57. The van der Waals surface area contributed by atoms with E-state index in [1.54, 1.807) is 6.07 Å². The Labute approximate surface area is 134 Å². The van der Waals surface area contributed by atoms with Crippen molar-refractivity contribution in [2.24, 2.45) is 0 Å². The molecule has 0 bridgehead atoms. The van der Waals surface area contributed by atoms with Gasteiger partial charge < -0.3 is 14.8 Å². The standard InChI is InChI=1S/C16H22BrNO3/c1-16(2,3)21-15(19)13-5-4-11(17)10-14(13)18-12-6-8-20-9-7-12/h4-5,10,12,18H,6-9H2,1-3H3. The minimum atomic E-state index is -0.500. The maximum atomic E-state index is 12.3. The molecule has 4 nitrogen and oxygen atoms in total. The lowest BCUT2D eigenvalue weighted by molar-refractivity contribution is 0.00706. The molecule has 1 saturated heterocycles. The molecule has 0 aromatic heterocycles. The smallest absolute Gasteiger partial charge is 0.340 e. The Balaban J connectivity index is 2.18. The van der Waals surface area contributed by atoms with Crippen molar-refractivity contribution in [3.8, 4) is 0 Å². The number of carbonyl (C=O) groups is 1. The number of carbonyl (C=O) groups excluding carboxylic acids is 1. The summed E-state index contributed by atoms with van der Waals surface area (Å²) >= 11 is 3.45. The van der Waals surface area contributed by atoms with Crippen LogP contribution in [0.5, 0.6) is 0 Å². The van der Waals surface area contributed by atoms with Crippen molar-refractivity contribution in [3.63, 3.8) is 0 Å². The molecule has 0 atom stereocenters. The van der Waals surface area contributed by atoms with Gasteiger partial charge in [0.15, 0.2) is 0 Å². The summed E-state index contributed by atoms with van der Waals surface area (Å²) in [5.74, 6) is -0.301. The lowest BCUT2D eigenvalue weighted by Gasteiger charge is -2.26. The van der Waals surface area contributed by atoms with Gasteiger partial charge in [0.25, 0.3) is 0 Å². The highest BCUT2D eigenvalue weighted by Gasteiger charge is 2.22. The van der Waals surface area contributed by atoms with E-state index in [1.165, 1.54) is 0 Å². The van der Waals surface area contributed by atoms with Crippen molar-refractivity contribution in [1.82, 2.24) is 0 Å². The van der Waals surface area contributed by atoms with E-state index >= 15 is 0 Å². The second-order valence-corrected chi connectivity index (χ2v) is 7.14. The molecule has 0 amide bonds. The number of rotatable bonds is 3. The van der Waals surface area contributed by atoms with Crippen LogP contribution in [-0.4, -0.2) is 30.8 Å². The van der Waals surface area contributed by atoms with Crippen LogP contribution in [0.4, 0.5) is 5.69 Å². The largest absolute Gasteiger partial charge is 0.456 e. The van der Waals surface area contributed by atoms with Gasteiger partial charge in [-0.25, -0.2) is 4.79 Å². The summed E-state index contributed by atoms with van der Waals surface area (Å²) in [7, 11) is 0. The molecule has 0 aliphatic carbocycles. The van der Waals surface area contributed by atoms with E-state index in [2.05, 4.69) is 21.2 Å².